The molecule has 0 aromatic carbocycles. The molecule has 0 aliphatic carbocycles. The lowest BCUT2D eigenvalue weighted by atomic mass is 10.0. The van der Waals surface area contributed by atoms with Gasteiger partial charge >= 0.3 is 19.8 Å². The second-order valence-electron chi connectivity index (χ2n) is 21.4. The highest BCUT2D eigenvalue weighted by Gasteiger charge is 2.27. The lowest BCUT2D eigenvalue weighted by Gasteiger charge is -2.24. The maximum absolute atomic E-state index is 12.8. The van der Waals surface area contributed by atoms with Crippen molar-refractivity contribution >= 4 is 19.8 Å². The molecule has 9 nitrogen and oxygen atoms in total. The lowest BCUT2D eigenvalue weighted by Crippen LogP contribution is -2.37. The molecule has 2 atom stereocenters. The van der Waals surface area contributed by atoms with Crippen LogP contribution in [-0.4, -0.2) is 74.9 Å². The molecule has 2 unspecified atom stereocenters. The van der Waals surface area contributed by atoms with Crippen molar-refractivity contribution in [2.24, 2.45) is 0 Å². The number of unbranched alkanes of at least 4 members (excludes halogenated alkanes) is 31. The van der Waals surface area contributed by atoms with Crippen LogP contribution in [0.4, 0.5) is 0 Å². The number of allylic oxidation sites excluding steroid dienone is 10. The fourth-order valence-electron chi connectivity index (χ4n) is 8.41. The Kier molecular flexibility index (Phi) is 51.8. The standard InChI is InChI=1S/C62H114NO8P/c1-6-8-10-12-14-16-18-20-22-23-24-25-26-27-28-29-30-31-32-33-34-35-36-37-38-39-41-42-44-46-48-50-52-54-61(64)68-58-60(59-70-72(66,67)69-57-56-63(3,4)5)71-62(65)55-53-51-49-47-45-43-40-21-19-17-15-13-11-9-7-2/h9,11,15,17-18,20-21,23-24,40,60H,6-8,10,12-14,16,19,22,25-39,41-59H2,1-5H3/p+1/b11-9-,17-15-,20-18-,24-23-,40-21-. The van der Waals surface area contributed by atoms with E-state index in [0.717, 1.165) is 77.0 Å². The van der Waals surface area contributed by atoms with E-state index in [1.165, 1.54) is 161 Å². The van der Waals surface area contributed by atoms with E-state index in [4.69, 9.17) is 18.5 Å². The zero-order valence-corrected chi connectivity index (χ0v) is 48.6. The lowest BCUT2D eigenvalue weighted by molar-refractivity contribution is -0.870. The van der Waals surface area contributed by atoms with Gasteiger partial charge in [0, 0.05) is 12.8 Å². The first kappa shape index (κ1) is 69.7. The van der Waals surface area contributed by atoms with Crippen LogP contribution < -0.4 is 0 Å². The second kappa shape index (κ2) is 53.5. The number of ether oxygens (including phenoxy) is 2. The number of carbonyl (C=O) groups is 2. The fraction of sp³-hybridized carbons (Fsp3) is 0.806. The molecule has 72 heavy (non-hydrogen) atoms. The van der Waals surface area contributed by atoms with Gasteiger partial charge in [0.2, 0.25) is 0 Å². The summed E-state index contributed by atoms with van der Waals surface area (Å²) in [4.78, 5) is 35.6. The van der Waals surface area contributed by atoms with Crippen molar-refractivity contribution in [3.05, 3.63) is 60.8 Å². The van der Waals surface area contributed by atoms with Crippen molar-refractivity contribution in [2.75, 3.05) is 47.5 Å². The molecule has 0 aliphatic heterocycles. The molecular formula is C62H115NO8P+. The van der Waals surface area contributed by atoms with E-state index in [0.29, 0.717) is 17.4 Å². The van der Waals surface area contributed by atoms with Gasteiger partial charge < -0.3 is 18.9 Å². The summed E-state index contributed by atoms with van der Waals surface area (Å²) in [5.74, 6) is -0.810. The molecule has 0 saturated heterocycles. The highest BCUT2D eigenvalue weighted by atomic mass is 31.2. The molecule has 420 valence electrons. The van der Waals surface area contributed by atoms with Crippen molar-refractivity contribution in [2.45, 2.75) is 277 Å². The SMILES string of the molecule is CC/C=C\C/C=C\C/C=C\CCCCCCCC(=O)OC(COC(=O)CCCCCCCCCCCCCCCCCCCCCCC/C=C\C/C=C\CCCCCCC)COP(=O)(O)OCC[N+](C)(C)C. The molecule has 10 heteroatoms. The first-order chi connectivity index (χ1) is 35.0. The number of likely N-dealkylation sites (N-methyl/N-ethyl adjacent to an activating group) is 1. The fourth-order valence-corrected chi connectivity index (χ4v) is 9.16. The molecule has 0 amide bonds. The van der Waals surface area contributed by atoms with Crippen molar-refractivity contribution in [1.29, 1.82) is 0 Å². The summed E-state index contributed by atoms with van der Waals surface area (Å²) in [5, 5.41) is 0. The first-order valence-electron chi connectivity index (χ1n) is 30.0. The molecule has 0 aromatic heterocycles. The van der Waals surface area contributed by atoms with Gasteiger partial charge in [-0.05, 0) is 77.0 Å². The van der Waals surface area contributed by atoms with Crippen LogP contribution in [0.3, 0.4) is 0 Å². The highest BCUT2D eigenvalue weighted by molar-refractivity contribution is 7.47. The summed E-state index contributed by atoms with van der Waals surface area (Å²) in [6.07, 6.45) is 68.9. The van der Waals surface area contributed by atoms with E-state index >= 15 is 0 Å². The largest absolute Gasteiger partial charge is 0.472 e. The number of rotatable bonds is 55. The molecule has 0 radical (unpaired) electrons. The molecule has 1 N–H and O–H groups in total. The maximum Gasteiger partial charge on any atom is 0.472 e. The van der Waals surface area contributed by atoms with Gasteiger partial charge in [-0.3, -0.25) is 18.6 Å². The number of phosphoric ester groups is 1. The number of phosphoric acid groups is 1. The number of esters is 2. The predicted molar refractivity (Wildman–Crippen MR) is 307 cm³/mol. The Hall–Kier alpha value is -2.29. The predicted octanol–water partition coefficient (Wildman–Crippen LogP) is 18.7. The Morgan fingerprint density at radius 2 is 0.792 bits per heavy atom. The first-order valence-corrected chi connectivity index (χ1v) is 31.5. The smallest absolute Gasteiger partial charge is 0.462 e. The minimum Gasteiger partial charge on any atom is -0.462 e. The van der Waals surface area contributed by atoms with Gasteiger partial charge in [-0.2, -0.15) is 0 Å². The van der Waals surface area contributed by atoms with E-state index in [1.807, 2.05) is 21.1 Å². The van der Waals surface area contributed by atoms with E-state index in [-0.39, 0.29) is 32.0 Å². The summed E-state index contributed by atoms with van der Waals surface area (Å²) in [5.41, 5.74) is 0. The zero-order valence-electron chi connectivity index (χ0n) is 47.7. The van der Waals surface area contributed by atoms with Gasteiger partial charge in [-0.15, -0.1) is 0 Å². The third kappa shape index (κ3) is 57.0. The molecule has 0 rings (SSSR count). The molecular weight excluding hydrogens is 918 g/mol. The minimum absolute atomic E-state index is 0.0274. The molecule has 0 saturated carbocycles. The third-order valence-electron chi connectivity index (χ3n) is 13.0. The van der Waals surface area contributed by atoms with Crippen LogP contribution in [0.15, 0.2) is 60.8 Å². The molecule has 0 bridgehead atoms. The number of carbonyl (C=O) groups excluding carboxylic acids is 2. The van der Waals surface area contributed by atoms with Gasteiger partial charge in [-0.25, -0.2) is 4.57 Å². The summed E-state index contributed by atoms with van der Waals surface area (Å²) in [6, 6.07) is 0. The Labute approximate surface area is 445 Å². The number of quaternary nitrogens is 1. The van der Waals surface area contributed by atoms with E-state index in [9.17, 15) is 19.0 Å². The number of hydrogen-bond donors (Lipinski definition) is 1. The van der Waals surface area contributed by atoms with Crippen molar-refractivity contribution in [1.82, 2.24) is 0 Å². The normalized spacial score (nSPS) is 13.7. The molecule has 0 heterocycles. The summed E-state index contributed by atoms with van der Waals surface area (Å²) >= 11 is 0. The molecule has 0 spiro atoms. The van der Waals surface area contributed by atoms with Gasteiger partial charge in [0.05, 0.1) is 27.7 Å². The summed E-state index contributed by atoms with van der Waals surface area (Å²) < 4.78 is 34.5. The van der Waals surface area contributed by atoms with Gasteiger partial charge in [0.15, 0.2) is 6.10 Å². The molecule has 0 fully saturated rings. The second-order valence-corrected chi connectivity index (χ2v) is 22.8. The average Bonchev–Trinajstić information content (AvgIpc) is 3.34. The van der Waals surface area contributed by atoms with Crippen LogP contribution in [0.25, 0.3) is 0 Å². The summed E-state index contributed by atoms with van der Waals surface area (Å²) in [6.45, 7) is 4.31. The maximum atomic E-state index is 12.8. The van der Waals surface area contributed by atoms with Gasteiger partial charge in [0.25, 0.3) is 0 Å². The Bertz CT molecular complexity index is 1400. The van der Waals surface area contributed by atoms with Crippen molar-refractivity contribution < 1.29 is 42.1 Å². The van der Waals surface area contributed by atoms with Gasteiger partial charge in [0.1, 0.15) is 19.8 Å². The quantitative estimate of drug-likeness (QED) is 0.0211. The van der Waals surface area contributed by atoms with Crippen LogP contribution in [0.5, 0.6) is 0 Å². The topological polar surface area (TPSA) is 108 Å². The van der Waals surface area contributed by atoms with Crippen molar-refractivity contribution in [3.8, 4) is 0 Å². The highest BCUT2D eigenvalue weighted by Crippen LogP contribution is 2.43. The van der Waals surface area contributed by atoms with Crippen LogP contribution in [-0.2, 0) is 32.7 Å². The number of hydrogen-bond acceptors (Lipinski definition) is 7. The van der Waals surface area contributed by atoms with Crippen LogP contribution in [0.1, 0.15) is 271 Å². The Balaban J connectivity index is 3.99. The van der Waals surface area contributed by atoms with Crippen LogP contribution in [0, 0.1) is 0 Å². The zero-order chi connectivity index (χ0) is 52.7. The Morgan fingerprint density at radius 1 is 0.444 bits per heavy atom. The van der Waals surface area contributed by atoms with Crippen molar-refractivity contribution in [3.63, 3.8) is 0 Å². The number of nitrogens with zero attached hydrogens (tertiary/aromatic N) is 1. The van der Waals surface area contributed by atoms with E-state index < -0.39 is 26.5 Å². The van der Waals surface area contributed by atoms with E-state index in [2.05, 4.69) is 74.6 Å². The minimum atomic E-state index is -4.39. The van der Waals surface area contributed by atoms with Gasteiger partial charge in [-0.1, -0.05) is 242 Å². The van der Waals surface area contributed by atoms with E-state index in [1.54, 1.807) is 0 Å². The van der Waals surface area contributed by atoms with Crippen LogP contribution in [0.2, 0.25) is 0 Å². The van der Waals surface area contributed by atoms with Crippen LogP contribution >= 0.6 is 7.82 Å². The average molecular weight is 1030 g/mol. The molecule has 0 aliphatic rings. The monoisotopic (exact) mass is 1030 g/mol. The molecule has 0 aromatic rings. The third-order valence-corrected chi connectivity index (χ3v) is 14.0. The Morgan fingerprint density at radius 3 is 1.18 bits per heavy atom. The summed E-state index contributed by atoms with van der Waals surface area (Å²) in [7, 11) is 1.47.